The molecular weight excluding hydrogens is 316 g/mol. The van der Waals surface area contributed by atoms with E-state index in [1.54, 1.807) is 7.11 Å². The summed E-state index contributed by atoms with van der Waals surface area (Å²) in [6.45, 7) is 11.2. The molecule has 1 aliphatic heterocycles. The summed E-state index contributed by atoms with van der Waals surface area (Å²) in [4.78, 5) is 17.1. The number of methoxy groups -OCH3 is 1. The number of hydrogen-bond acceptors (Lipinski definition) is 4. The number of rotatable bonds is 6. The molecule has 25 heavy (non-hydrogen) atoms. The Morgan fingerprint density at radius 1 is 1.20 bits per heavy atom. The lowest BCUT2D eigenvalue weighted by atomic mass is 10.0. The zero-order chi connectivity index (χ0) is 18.4. The average Bonchev–Trinajstić information content (AvgIpc) is 2.56. The molecule has 1 fully saturated rings. The summed E-state index contributed by atoms with van der Waals surface area (Å²) < 4.78 is 5.41. The lowest BCUT2D eigenvalue weighted by Crippen LogP contribution is -2.51. The minimum Gasteiger partial charge on any atom is -0.496 e. The Hall–Kier alpha value is -1.79. The highest BCUT2D eigenvalue weighted by molar-refractivity contribution is 5.74. The number of urea groups is 1. The highest BCUT2D eigenvalue weighted by Gasteiger charge is 2.19. The van der Waals surface area contributed by atoms with Gasteiger partial charge in [0.05, 0.1) is 13.2 Å². The summed E-state index contributed by atoms with van der Waals surface area (Å²) in [6.07, 6.45) is 0. The number of nitrogens with zero attached hydrogens (tertiary/aromatic N) is 2. The van der Waals surface area contributed by atoms with Crippen molar-refractivity contribution in [3.63, 3.8) is 0 Å². The molecule has 2 atom stereocenters. The van der Waals surface area contributed by atoms with E-state index in [4.69, 9.17) is 4.74 Å². The van der Waals surface area contributed by atoms with Crippen LogP contribution in [0, 0.1) is 6.92 Å². The molecule has 1 aromatic rings. The van der Waals surface area contributed by atoms with Crippen molar-refractivity contribution in [1.82, 2.24) is 20.4 Å². The molecule has 1 aromatic carbocycles. The zero-order valence-electron chi connectivity index (χ0n) is 16.1. The highest BCUT2D eigenvalue weighted by Crippen LogP contribution is 2.25. The summed E-state index contributed by atoms with van der Waals surface area (Å²) >= 11 is 0. The zero-order valence-corrected chi connectivity index (χ0v) is 16.1. The van der Waals surface area contributed by atoms with Crippen molar-refractivity contribution in [2.75, 3.05) is 46.9 Å². The summed E-state index contributed by atoms with van der Waals surface area (Å²) in [6, 6.07) is 5.85. The predicted octanol–water partition coefficient (Wildman–Crippen LogP) is 2.00. The van der Waals surface area contributed by atoms with E-state index in [1.807, 2.05) is 26.0 Å². The van der Waals surface area contributed by atoms with Crippen LogP contribution in [0.25, 0.3) is 0 Å². The van der Waals surface area contributed by atoms with Gasteiger partial charge in [0.25, 0.3) is 0 Å². The molecule has 1 aliphatic rings. The normalized spacial score (nSPS) is 18.4. The Morgan fingerprint density at radius 3 is 2.52 bits per heavy atom. The van der Waals surface area contributed by atoms with Crippen LogP contribution in [0.2, 0.25) is 0 Å². The van der Waals surface area contributed by atoms with Gasteiger partial charge in [0.15, 0.2) is 0 Å². The van der Waals surface area contributed by atoms with Crippen LogP contribution in [0.15, 0.2) is 18.2 Å². The highest BCUT2D eigenvalue weighted by atomic mass is 16.5. The van der Waals surface area contributed by atoms with Crippen LogP contribution in [0.3, 0.4) is 0 Å². The fraction of sp³-hybridized carbons (Fsp3) is 0.632. The minimum atomic E-state index is -0.141. The van der Waals surface area contributed by atoms with Crippen LogP contribution < -0.4 is 15.4 Å². The molecule has 6 heteroatoms. The van der Waals surface area contributed by atoms with E-state index >= 15 is 0 Å². The van der Waals surface area contributed by atoms with Crippen molar-refractivity contribution in [1.29, 1.82) is 0 Å². The first-order valence-electron chi connectivity index (χ1n) is 9.01. The van der Waals surface area contributed by atoms with Crippen LogP contribution in [0.5, 0.6) is 5.75 Å². The molecule has 1 saturated heterocycles. The van der Waals surface area contributed by atoms with Crippen LogP contribution in [-0.4, -0.2) is 68.8 Å². The van der Waals surface area contributed by atoms with Gasteiger partial charge in [-0.05, 0) is 33.9 Å². The van der Waals surface area contributed by atoms with Crippen LogP contribution in [-0.2, 0) is 0 Å². The summed E-state index contributed by atoms with van der Waals surface area (Å²) in [7, 11) is 3.80. The van der Waals surface area contributed by atoms with Gasteiger partial charge >= 0.3 is 6.03 Å². The molecule has 0 saturated carbocycles. The van der Waals surface area contributed by atoms with Gasteiger partial charge in [-0.15, -0.1) is 0 Å². The van der Waals surface area contributed by atoms with E-state index in [0.717, 1.165) is 49.6 Å². The maximum Gasteiger partial charge on any atom is 0.315 e. The van der Waals surface area contributed by atoms with Gasteiger partial charge < -0.3 is 20.3 Å². The second-order valence-corrected chi connectivity index (χ2v) is 7.09. The molecule has 140 valence electrons. The summed E-state index contributed by atoms with van der Waals surface area (Å²) in [5, 5.41) is 6.06. The SMILES string of the molecule is COc1ccc(C)cc1[C@@H](C)NC(=O)N[C@H](C)CN1CCN(C)CC1. The van der Waals surface area contributed by atoms with Crippen molar-refractivity contribution < 1.29 is 9.53 Å². The average molecular weight is 348 g/mol. The monoisotopic (exact) mass is 348 g/mol. The number of carbonyl (C=O) groups is 1. The van der Waals surface area contributed by atoms with Gasteiger partial charge in [-0.1, -0.05) is 17.7 Å². The largest absolute Gasteiger partial charge is 0.496 e. The van der Waals surface area contributed by atoms with Crippen LogP contribution in [0.4, 0.5) is 4.79 Å². The second kappa shape index (κ2) is 9.06. The third-order valence-electron chi connectivity index (χ3n) is 4.70. The van der Waals surface area contributed by atoms with Gasteiger partial charge in [0, 0.05) is 44.3 Å². The Labute approximate surface area is 151 Å². The van der Waals surface area contributed by atoms with Crippen molar-refractivity contribution in [2.24, 2.45) is 0 Å². The van der Waals surface area contributed by atoms with Gasteiger partial charge in [-0.2, -0.15) is 0 Å². The molecule has 2 rings (SSSR count). The number of hydrogen-bond donors (Lipinski definition) is 2. The number of benzene rings is 1. The van der Waals surface area contributed by atoms with E-state index < -0.39 is 0 Å². The van der Waals surface area contributed by atoms with Gasteiger partial charge in [-0.3, -0.25) is 4.90 Å². The number of carbonyl (C=O) groups excluding carboxylic acids is 1. The molecule has 2 amide bonds. The van der Waals surface area contributed by atoms with Gasteiger partial charge in [-0.25, -0.2) is 4.79 Å². The first-order valence-corrected chi connectivity index (χ1v) is 9.01. The number of nitrogens with one attached hydrogen (secondary N) is 2. The Balaban J connectivity index is 1.84. The van der Waals surface area contributed by atoms with E-state index in [1.165, 1.54) is 0 Å². The Kier molecular flexibility index (Phi) is 7.08. The number of amides is 2. The topological polar surface area (TPSA) is 56.8 Å². The van der Waals surface area contributed by atoms with Gasteiger partial charge in [0.2, 0.25) is 0 Å². The molecule has 0 aliphatic carbocycles. The number of aryl methyl sites for hydroxylation is 1. The fourth-order valence-electron chi connectivity index (χ4n) is 3.20. The molecule has 0 aromatic heterocycles. The summed E-state index contributed by atoms with van der Waals surface area (Å²) in [5.41, 5.74) is 2.14. The maximum absolute atomic E-state index is 12.3. The second-order valence-electron chi connectivity index (χ2n) is 7.09. The van der Waals surface area contributed by atoms with E-state index in [2.05, 4.69) is 40.5 Å². The quantitative estimate of drug-likeness (QED) is 0.826. The Morgan fingerprint density at radius 2 is 1.88 bits per heavy atom. The molecule has 1 heterocycles. The molecule has 6 nitrogen and oxygen atoms in total. The minimum absolute atomic E-state index is 0.106. The maximum atomic E-state index is 12.3. The smallest absolute Gasteiger partial charge is 0.315 e. The molecular formula is C19H32N4O2. The van der Waals surface area contributed by atoms with E-state index in [0.29, 0.717) is 0 Å². The van der Waals surface area contributed by atoms with E-state index in [-0.39, 0.29) is 18.1 Å². The van der Waals surface area contributed by atoms with Crippen LogP contribution >= 0.6 is 0 Å². The lowest BCUT2D eigenvalue weighted by Gasteiger charge is -2.34. The van der Waals surface area contributed by atoms with Crippen molar-refractivity contribution >= 4 is 6.03 Å². The number of piperazine rings is 1. The third kappa shape index (κ3) is 5.90. The molecule has 0 unspecified atom stereocenters. The first kappa shape index (κ1) is 19.5. The molecule has 2 N–H and O–H groups in total. The third-order valence-corrected chi connectivity index (χ3v) is 4.70. The fourth-order valence-corrected chi connectivity index (χ4v) is 3.20. The molecule has 0 bridgehead atoms. The number of likely N-dealkylation sites (N-methyl/N-ethyl adjacent to an activating group) is 1. The van der Waals surface area contributed by atoms with Crippen LogP contribution in [0.1, 0.15) is 31.0 Å². The summed E-state index contributed by atoms with van der Waals surface area (Å²) in [5.74, 6) is 0.795. The van der Waals surface area contributed by atoms with Crippen molar-refractivity contribution in [3.8, 4) is 5.75 Å². The number of ether oxygens (including phenoxy) is 1. The van der Waals surface area contributed by atoms with Crippen molar-refractivity contribution in [2.45, 2.75) is 32.9 Å². The predicted molar refractivity (Wildman–Crippen MR) is 101 cm³/mol. The lowest BCUT2D eigenvalue weighted by molar-refractivity contribution is 0.144. The van der Waals surface area contributed by atoms with Gasteiger partial charge in [0.1, 0.15) is 5.75 Å². The first-order chi connectivity index (χ1) is 11.9. The molecule has 0 radical (unpaired) electrons. The standard InChI is InChI=1S/C19H32N4O2/c1-14-6-7-18(25-5)17(12-14)16(3)21-19(24)20-15(2)13-23-10-8-22(4)9-11-23/h6-7,12,15-16H,8-11,13H2,1-5H3,(H2,20,21,24)/t15-,16-/m1/s1. The molecule has 0 spiro atoms. The van der Waals surface area contributed by atoms with E-state index in [9.17, 15) is 4.79 Å². The van der Waals surface area contributed by atoms with Crippen molar-refractivity contribution in [3.05, 3.63) is 29.3 Å². The Bertz CT molecular complexity index is 571.